The van der Waals surface area contributed by atoms with Crippen LogP contribution in [-0.4, -0.2) is 93.2 Å². The lowest BCUT2D eigenvalue weighted by molar-refractivity contribution is 0.0892. The quantitative estimate of drug-likeness (QED) is 0.646. The summed E-state index contributed by atoms with van der Waals surface area (Å²) < 4.78 is 26.9. The first-order chi connectivity index (χ1) is 11.5. The summed E-state index contributed by atoms with van der Waals surface area (Å²) in [5, 5.41) is 3.45. The van der Waals surface area contributed by atoms with Crippen LogP contribution in [0, 0.1) is 0 Å². The molecule has 27 heavy (non-hydrogen) atoms. The summed E-state index contributed by atoms with van der Waals surface area (Å²) in [6, 6.07) is 1.20. The van der Waals surface area contributed by atoms with E-state index in [1.165, 1.54) is 38.8 Å². The Labute approximate surface area is 184 Å². The number of rotatable bonds is 6. The molecule has 3 heterocycles. The third-order valence-corrected chi connectivity index (χ3v) is 7.94. The van der Waals surface area contributed by atoms with Crippen LogP contribution >= 0.6 is 37.2 Å². The number of piperazine rings is 1. The number of halogens is 3. The van der Waals surface area contributed by atoms with Gasteiger partial charge in [0.25, 0.3) is 0 Å². The van der Waals surface area contributed by atoms with E-state index >= 15 is 0 Å². The van der Waals surface area contributed by atoms with E-state index in [0.29, 0.717) is 30.9 Å². The number of nitrogens with zero attached hydrogens (tertiary/aromatic N) is 3. The summed E-state index contributed by atoms with van der Waals surface area (Å²) in [5.41, 5.74) is 0. The Morgan fingerprint density at radius 3 is 2.11 bits per heavy atom. The van der Waals surface area contributed by atoms with Crippen LogP contribution in [0.5, 0.6) is 0 Å². The van der Waals surface area contributed by atoms with Crippen molar-refractivity contribution in [2.24, 2.45) is 0 Å². The third-order valence-electron chi connectivity index (χ3n) is 5.99. The monoisotopic (exact) mass is 466 g/mol. The number of hydrogen-bond donors (Lipinski definition) is 1. The van der Waals surface area contributed by atoms with Gasteiger partial charge in [-0.3, -0.25) is 4.90 Å². The summed E-state index contributed by atoms with van der Waals surface area (Å²) in [5.74, 6) is 0.319. The second-order valence-corrected chi connectivity index (χ2v) is 9.81. The Morgan fingerprint density at radius 1 is 0.926 bits per heavy atom. The zero-order valence-corrected chi connectivity index (χ0v) is 19.6. The summed E-state index contributed by atoms with van der Waals surface area (Å²) in [6.07, 6.45) is 6.66. The van der Waals surface area contributed by atoms with Crippen LogP contribution in [0.1, 0.15) is 38.5 Å². The van der Waals surface area contributed by atoms with Crippen molar-refractivity contribution in [2.45, 2.75) is 50.6 Å². The molecule has 10 heteroatoms. The fourth-order valence-electron chi connectivity index (χ4n) is 4.35. The Bertz CT molecular complexity index is 490. The van der Waals surface area contributed by atoms with Gasteiger partial charge in [-0.1, -0.05) is 0 Å². The molecule has 6 nitrogen and oxygen atoms in total. The maximum atomic E-state index is 12.6. The fraction of sp³-hybridized carbons (Fsp3) is 1.00. The first-order valence-electron chi connectivity index (χ1n) is 9.68. The average Bonchev–Trinajstić information content (AvgIpc) is 3.09. The van der Waals surface area contributed by atoms with Crippen molar-refractivity contribution in [2.75, 3.05) is 58.6 Å². The molecule has 1 atom stereocenters. The van der Waals surface area contributed by atoms with Crippen molar-refractivity contribution in [1.29, 1.82) is 0 Å². The molecule has 164 valence electrons. The largest absolute Gasteiger partial charge is 0.314 e. The third kappa shape index (κ3) is 8.13. The summed E-state index contributed by atoms with van der Waals surface area (Å²) in [7, 11) is -0.885. The van der Waals surface area contributed by atoms with Gasteiger partial charge in [0.05, 0.1) is 5.75 Å². The van der Waals surface area contributed by atoms with Crippen molar-refractivity contribution in [3.05, 3.63) is 0 Å². The van der Waals surface area contributed by atoms with Crippen molar-refractivity contribution in [1.82, 2.24) is 19.4 Å². The highest BCUT2D eigenvalue weighted by atomic mass is 35.5. The van der Waals surface area contributed by atoms with Gasteiger partial charge in [0, 0.05) is 38.3 Å². The number of nitrogens with one attached hydrogen (secondary N) is 1. The molecular formula is C17H37Cl3N4O2S. The van der Waals surface area contributed by atoms with Gasteiger partial charge in [0.1, 0.15) is 0 Å². The normalized spacial score (nSPS) is 26.0. The molecule has 3 aliphatic heterocycles. The first-order valence-corrected chi connectivity index (χ1v) is 11.3. The maximum absolute atomic E-state index is 12.6. The minimum Gasteiger partial charge on any atom is -0.314 e. The van der Waals surface area contributed by atoms with Crippen LogP contribution in [0.2, 0.25) is 0 Å². The molecule has 0 aromatic heterocycles. The predicted octanol–water partition coefficient (Wildman–Crippen LogP) is 1.83. The topological polar surface area (TPSA) is 55.9 Å². The minimum absolute atomic E-state index is 0. The molecule has 0 radical (unpaired) electrons. The van der Waals surface area contributed by atoms with E-state index in [1.807, 2.05) is 0 Å². The van der Waals surface area contributed by atoms with E-state index in [-0.39, 0.29) is 37.2 Å². The molecule has 0 saturated carbocycles. The first kappa shape index (κ1) is 27.7. The highest BCUT2D eigenvalue weighted by Crippen LogP contribution is 2.19. The minimum atomic E-state index is -3.07. The highest BCUT2D eigenvalue weighted by Gasteiger charge is 2.31. The van der Waals surface area contributed by atoms with E-state index in [1.54, 1.807) is 4.31 Å². The maximum Gasteiger partial charge on any atom is 0.214 e. The van der Waals surface area contributed by atoms with Crippen LogP contribution in [-0.2, 0) is 10.0 Å². The van der Waals surface area contributed by atoms with Gasteiger partial charge in [0.15, 0.2) is 0 Å². The Morgan fingerprint density at radius 2 is 1.56 bits per heavy atom. The molecule has 3 fully saturated rings. The Kier molecular flexibility index (Phi) is 13.4. The van der Waals surface area contributed by atoms with Crippen LogP contribution in [0.4, 0.5) is 0 Å². The van der Waals surface area contributed by atoms with Gasteiger partial charge >= 0.3 is 0 Å². The van der Waals surface area contributed by atoms with Gasteiger partial charge in [-0.15, -0.1) is 37.2 Å². The van der Waals surface area contributed by atoms with Gasteiger partial charge in [-0.05, 0) is 65.2 Å². The van der Waals surface area contributed by atoms with Gasteiger partial charge < -0.3 is 10.2 Å². The van der Waals surface area contributed by atoms with Crippen LogP contribution in [0.3, 0.4) is 0 Å². The Balaban J connectivity index is 0.00000225. The molecule has 0 amide bonds. The van der Waals surface area contributed by atoms with Gasteiger partial charge in [-0.25, -0.2) is 8.42 Å². The van der Waals surface area contributed by atoms with Crippen LogP contribution in [0.25, 0.3) is 0 Å². The summed E-state index contributed by atoms with van der Waals surface area (Å²) in [4.78, 5) is 4.90. The molecule has 0 aromatic carbocycles. The van der Waals surface area contributed by atoms with Crippen molar-refractivity contribution < 1.29 is 8.42 Å². The van der Waals surface area contributed by atoms with E-state index in [4.69, 9.17) is 0 Å². The molecular weight excluding hydrogens is 431 g/mol. The lowest BCUT2D eigenvalue weighted by Gasteiger charge is -2.41. The van der Waals surface area contributed by atoms with Gasteiger partial charge in [0.2, 0.25) is 10.0 Å². The summed E-state index contributed by atoms with van der Waals surface area (Å²) >= 11 is 0. The van der Waals surface area contributed by atoms with Crippen LogP contribution in [0.15, 0.2) is 0 Å². The molecule has 0 bridgehead atoms. The number of likely N-dealkylation sites (tertiary alicyclic amines) is 1. The van der Waals surface area contributed by atoms with Crippen molar-refractivity contribution >= 4 is 47.2 Å². The average molecular weight is 468 g/mol. The van der Waals surface area contributed by atoms with E-state index in [9.17, 15) is 8.42 Å². The predicted molar refractivity (Wildman–Crippen MR) is 119 cm³/mol. The van der Waals surface area contributed by atoms with Gasteiger partial charge in [-0.2, -0.15) is 4.31 Å². The van der Waals surface area contributed by atoms with Crippen LogP contribution < -0.4 is 5.32 Å². The summed E-state index contributed by atoms with van der Waals surface area (Å²) in [6.45, 7) is 6.58. The molecule has 1 N–H and O–H groups in total. The number of sulfonamides is 1. The molecule has 0 aliphatic carbocycles. The molecule has 3 aliphatic rings. The zero-order valence-electron chi connectivity index (χ0n) is 16.3. The fourth-order valence-corrected chi connectivity index (χ4v) is 5.86. The SMILES string of the molecule is CN1CCC(N2CCN(S(=O)(=O)CCCC3CCCN3)CC2)CC1.Cl.Cl.Cl. The smallest absolute Gasteiger partial charge is 0.214 e. The van der Waals surface area contributed by atoms with Crippen molar-refractivity contribution in [3.8, 4) is 0 Å². The zero-order chi connectivity index (χ0) is 17.0. The molecule has 0 aromatic rings. The second kappa shape index (κ2) is 13.1. The molecule has 1 unspecified atom stereocenters. The second-order valence-electron chi connectivity index (χ2n) is 7.72. The Hall–Kier alpha value is 0.660. The standard InChI is InChI=1S/C17H34N4O2S.3ClH/c1-19-9-6-17(7-10-19)20-11-13-21(14-12-20)24(22,23)15-3-5-16-4-2-8-18-16;;;/h16-18H,2-15H2,1H3;3*1H. The lowest BCUT2D eigenvalue weighted by atomic mass is 10.0. The van der Waals surface area contributed by atoms with E-state index < -0.39 is 10.0 Å². The highest BCUT2D eigenvalue weighted by molar-refractivity contribution is 7.89. The van der Waals surface area contributed by atoms with Crippen molar-refractivity contribution in [3.63, 3.8) is 0 Å². The van der Waals surface area contributed by atoms with E-state index in [0.717, 1.165) is 32.5 Å². The molecule has 3 saturated heterocycles. The number of piperidine rings is 1. The number of hydrogen-bond acceptors (Lipinski definition) is 5. The lowest BCUT2D eigenvalue weighted by Crippen LogP contribution is -2.54. The molecule has 0 spiro atoms. The van der Waals surface area contributed by atoms with E-state index in [2.05, 4.69) is 22.2 Å². The molecule has 3 rings (SSSR count).